The SMILES string of the molecule is Cc1ccc(S(=O)(=O)N2C(=O)C(c3ccccc3)(c3ccccc3)[C@H]2c2ccc3ccccc3c2)cc1. The third-order valence-corrected chi connectivity index (χ3v) is 9.07. The molecule has 1 aliphatic rings. The van der Waals surface area contributed by atoms with Crippen LogP contribution in [0.2, 0.25) is 0 Å². The molecule has 5 heteroatoms. The van der Waals surface area contributed by atoms with E-state index < -0.39 is 27.4 Å². The first-order valence-electron chi connectivity index (χ1n) is 12.2. The number of aryl methyl sites for hydroxylation is 1. The highest BCUT2D eigenvalue weighted by molar-refractivity contribution is 7.89. The quantitative estimate of drug-likeness (QED) is 0.261. The molecule has 6 rings (SSSR count). The summed E-state index contributed by atoms with van der Waals surface area (Å²) in [6.07, 6.45) is 0. The number of β-lactam (4-membered cyclic amide) rings is 1. The van der Waals surface area contributed by atoms with E-state index in [1.165, 1.54) is 0 Å². The van der Waals surface area contributed by atoms with Crippen LogP contribution >= 0.6 is 0 Å². The Kier molecular flexibility index (Phi) is 5.46. The smallest absolute Gasteiger partial charge is 0.267 e. The zero-order chi connectivity index (χ0) is 25.6. The monoisotopic (exact) mass is 503 g/mol. The maximum atomic E-state index is 14.4. The Morgan fingerprint density at radius 2 is 1.19 bits per heavy atom. The fourth-order valence-corrected chi connectivity index (χ4v) is 7.11. The molecule has 1 saturated heterocycles. The Bertz CT molecular complexity index is 1670. The Morgan fingerprint density at radius 3 is 1.78 bits per heavy atom. The highest BCUT2D eigenvalue weighted by atomic mass is 32.2. The molecule has 0 bridgehead atoms. The number of carbonyl (C=O) groups is 1. The van der Waals surface area contributed by atoms with Crippen molar-refractivity contribution in [3.8, 4) is 0 Å². The summed E-state index contributed by atoms with van der Waals surface area (Å²) in [6.45, 7) is 1.90. The van der Waals surface area contributed by atoms with Crippen molar-refractivity contribution in [1.82, 2.24) is 4.31 Å². The first-order valence-corrected chi connectivity index (χ1v) is 13.6. The molecular weight excluding hydrogens is 478 g/mol. The van der Waals surface area contributed by atoms with Crippen molar-refractivity contribution in [2.24, 2.45) is 0 Å². The Morgan fingerprint density at radius 1 is 0.649 bits per heavy atom. The van der Waals surface area contributed by atoms with Gasteiger partial charge < -0.3 is 0 Å². The van der Waals surface area contributed by atoms with Crippen LogP contribution in [0.15, 0.2) is 132 Å². The number of hydrogen-bond acceptors (Lipinski definition) is 3. The lowest BCUT2D eigenvalue weighted by Crippen LogP contribution is -2.68. The van der Waals surface area contributed by atoms with Gasteiger partial charge in [0.15, 0.2) is 0 Å². The van der Waals surface area contributed by atoms with Gasteiger partial charge in [-0.2, -0.15) is 0 Å². The molecule has 0 aliphatic carbocycles. The molecule has 0 N–H and O–H groups in total. The van der Waals surface area contributed by atoms with Crippen molar-refractivity contribution in [3.05, 3.63) is 150 Å². The van der Waals surface area contributed by atoms with Gasteiger partial charge in [-0.3, -0.25) is 4.79 Å². The van der Waals surface area contributed by atoms with Crippen LogP contribution in [0.1, 0.15) is 28.3 Å². The summed E-state index contributed by atoms with van der Waals surface area (Å²) in [5, 5.41) is 2.04. The fraction of sp³-hybridized carbons (Fsp3) is 0.0938. The van der Waals surface area contributed by atoms with E-state index in [2.05, 4.69) is 0 Å². The van der Waals surface area contributed by atoms with Crippen LogP contribution in [0, 0.1) is 6.92 Å². The van der Waals surface area contributed by atoms with Gasteiger partial charge in [0.25, 0.3) is 15.9 Å². The third-order valence-electron chi connectivity index (χ3n) is 7.31. The molecule has 182 valence electrons. The van der Waals surface area contributed by atoms with E-state index in [0.29, 0.717) is 0 Å². The molecule has 0 unspecified atom stereocenters. The molecule has 1 aliphatic heterocycles. The molecule has 0 radical (unpaired) electrons. The van der Waals surface area contributed by atoms with Crippen molar-refractivity contribution in [3.63, 3.8) is 0 Å². The van der Waals surface area contributed by atoms with Crippen LogP contribution in [0.4, 0.5) is 0 Å². The van der Waals surface area contributed by atoms with E-state index in [0.717, 1.165) is 37.3 Å². The average molecular weight is 504 g/mol. The van der Waals surface area contributed by atoms with E-state index >= 15 is 0 Å². The van der Waals surface area contributed by atoms with Gasteiger partial charge in [-0.25, -0.2) is 12.7 Å². The van der Waals surface area contributed by atoms with Gasteiger partial charge in [0.05, 0.1) is 10.9 Å². The summed E-state index contributed by atoms with van der Waals surface area (Å²) in [7, 11) is -4.12. The van der Waals surface area contributed by atoms with Gasteiger partial charge in [0.1, 0.15) is 5.41 Å². The normalized spacial score (nSPS) is 16.9. The number of fused-ring (bicyclic) bond motifs is 1. The fourth-order valence-electron chi connectivity index (χ4n) is 5.48. The number of amides is 1. The van der Waals surface area contributed by atoms with Crippen LogP contribution < -0.4 is 0 Å². The Hall–Kier alpha value is -4.22. The number of sulfonamides is 1. The first-order chi connectivity index (χ1) is 17.9. The molecule has 1 fully saturated rings. The summed E-state index contributed by atoms with van der Waals surface area (Å²) >= 11 is 0. The molecule has 0 spiro atoms. The summed E-state index contributed by atoms with van der Waals surface area (Å²) in [5.41, 5.74) is 2.05. The lowest BCUT2D eigenvalue weighted by atomic mass is 9.61. The second-order valence-corrected chi connectivity index (χ2v) is 11.3. The number of benzene rings is 5. The van der Waals surface area contributed by atoms with Crippen LogP contribution in [0.5, 0.6) is 0 Å². The maximum absolute atomic E-state index is 14.4. The van der Waals surface area contributed by atoms with Gasteiger partial charge in [-0.05, 0) is 52.6 Å². The Balaban J connectivity index is 1.64. The molecule has 0 saturated carbocycles. The molecule has 1 amide bonds. The minimum absolute atomic E-state index is 0.104. The molecule has 37 heavy (non-hydrogen) atoms. The number of rotatable bonds is 5. The molecule has 0 aromatic heterocycles. The highest BCUT2D eigenvalue weighted by Gasteiger charge is 2.67. The van der Waals surface area contributed by atoms with Crippen LogP contribution in [-0.4, -0.2) is 18.6 Å². The van der Waals surface area contributed by atoms with Crippen LogP contribution in [-0.2, 0) is 20.2 Å². The predicted molar refractivity (Wildman–Crippen MR) is 146 cm³/mol. The molecule has 1 heterocycles. The van der Waals surface area contributed by atoms with Gasteiger partial charge in [-0.1, -0.05) is 115 Å². The van der Waals surface area contributed by atoms with Crippen molar-refractivity contribution in [2.75, 3.05) is 0 Å². The molecular formula is C32H25NO3S. The van der Waals surface area contributed by atoms with Gasteiger partial charge in [0.2, 0.25) is 0 Å². The maximum Gasteiger partial charge on any atom is 0.267 e. The first kappa shape index (κ1) is 23.2. The molecule has 1 atom stereocenters. The molecule has 5 aromatic carbocycles. The molecule has 4 nitrogen and oxygen atoms in total. The van der Waals surface area contributed by atoms with E-state index in [-0.39, 0.29) is 4.90 Å². The van der Waals surface area contributed by atoms with E-state index in [1.54, 1.807) is 24.3 Å². The summed E-state index contributed by atoms with van der Waals surface area (Å²) in [6, 6.07) is 38.8. The van der Waals surface area contributed by atoms with Crippen molar-refractivity contribution >= 4 is 26.7 Å². The van der Waals surface area contributed by atoms with E-state index in [9.17, 15) is 13.2 Å². The van der Waals surface area contributed by atoms with Crippen molar-refractivity contribution in [2.45, 2.75) is 23.3 Å². The minimum atomic E-state index is -4.12. The minimum Gasteiger partial charge on any atom is -0.272 e. The van der Waals surface area contributed by atoms with Crippen LogP contribution in [0.25, 0.3) is 10.8 Å². The summed E-state index contributed by atoms with van der Waals surface area (Å²) < 4.78 is 29.2. The zero-order valence-corrected chi connectivity index (χ0v) is 21.1. The third kappa shape index (κ3) is 3.50. The lowest BCUT2D eigenvalue weighted by Gasteiger charge is -2.55. The average Bonchev–Trinajstić information content (AvgIpc) is 2.93. The Labute approximate surface area is 216 Å². The van der Waals surface area contributed by atoms with E-state index in [1.807, 2.05) is 110 Å². The highest BCUT2D eigenvalue weighted by Crippen LogP contribution is 2.57. The number of nitrogens with zero attached hydrogens (tertiary/aromatic N) is 1. The standard InChI is InChI=1S/C32H25NO3S/c1-23-16-20-29(21-17-23)37(35,36)33-30(26-19-18-24-10-8-9-11-25(24)22-26)32(31(33)34,27-12-4-2-5-13-27)28-14-6-3-7-15-28/h2-22,30H,1H3/t30-/m1/s1. The second-order valence-electron chi connectivity index (χ2n) is 9.47. The van der Waals surface area contributed by atoms with Gasteiger partial charge in [-0.15, -0.1) is 0 Å². The molecule has 5 aromatic rings. The van der Waals surface area contributed by atoms with Gasteiger partial charge in [0, 0.05) is 0 Å². The number of hydrogen-bond donors (Lipinski definition) is 0. The van der Waals surface area contributed by atoms with Crippen LogP contribution in [0.3, 0.4) is 0 Å². The van der Waals surface area contributed by atoms with Crippen molar-refractivity contribution in [1.29, 1.82) is 0 Å². The largest absolute Gasteiger partial charge is 0.272 e. The number of carbonyl (C=O) groups excluding carboxylic acids is 1. The zero-order valence-electron chi connectivity index (χ0n) is 20.3. The predicted octanol–water partition coefficient (Wildman–Crippen LogP) is 6.41. The second kappa shape index (κ2) is 8.71. The van der Waals surface area contributed by atoms with Crippen molar-refractivity contribution < 1.29 is 13.2 Å². The lowest BCUT2D eigenvalue weighted by molar-refractivity contribution is -0.147. The van der Waals surface area contributed by atoms with Gasteiger partial charge >= 0.3 is 0 Å². The summed E-state index contributed by atoms with van der Waals surface area (Å²) in [4.78, 5) is 14.5. The topological polar surface area (TPSA) is 54.5 Å². The van der Waals surface area contributed by atoms with E-state index in [4.69, 9.17) is 0 Å². The summed E-state index contributed by atoms with van der Waals surface area (Å²) in [5.74, 6) is -0.455.